The Morgan fingerprint density at radius 2 is 2.00 bits per heavy atom. The van der Waals surface area contributed by atoms with Crippen molar-refractivity contribution in [3.8, 4) is 0 Å². The van der Waals surface area contributed by atoms with E-state index in [0.29, 0.717) is 18.8 Å². The fraction of sp³-hybridized carbons (Fsp3) is 0.714. The van der Waals surface area contributed by atoms with Gasteiger partial charge < -0.3 is 9.73 Å². The van der Waals surface area contributed by atoms with E-state index < -0.39 is 10.0 Å². The summed E-state index contributed by atoms with van der Waals surface area (Å²) in [6.45, 7) is 6.10. The molecular formula is C14H25BrN2O3S. The van der Waals surface area contributed by atoms with Crippen molar-refractivity contribution in [1.29, 1.82) is 0 Å². The molecule has 0 aliphatic heterocycles. The highest BCUT2D eigenvalue weighted by Crippen LogP contribution is 2.28. The molecule has 0 saturated heterocycles. The van der Waals surface area contributed by atoms with Crippen LogP contribution >= 0.6 is 15.9 Å². The van der Waals surface area contributed by atoms with Gasteiger partial charge in [-0.1, -0.05) is 26.7 Å². The Bertz CT molecular complexity index is 528. The minimum Gasteiger partial charge on any atom is -0.452 e. The van der Waals surface area contributed by atoms with Crippen molar-refractivity contribution < 1.29 is 12.8 Å². The first-order valence-electron chi connectivity index (χ1n) is 7.38. The third-order valence-corrected chi connectivity index (χ3v) is 5.91. The molecule has 0 fully saturated rings. The Morgan fingerprint density at radius 1 is 1.29 bits per heavy atom. The second-order valence-corrected chi connectivity index (χ2v) is 7.79. The van der Waals surface area contributed by atoms with Gasteiger partial charge in [0.1, 0.15) is 10.7 Å². The topological polar surface area (TPSA) is 62.6 Å². The molecule has 1 rings (SSSR count). The van der Waals surface area contributed by atoms with E-state index in [1.165, 1.54) is 4.31 Å². The zero-order chi connectivity index (χ0) is 15.9. The number of nitrogens with one attached hydrogen (secondary N) is 1. The Kier molecular flexibility index (Phi) is 7.94. The first-order valence-corrected chi connectivity index (χ1v) is 9.62. The number of halogens is 1. The quantitative estimate of drug-likeness (QED) is 0.632. The monoisotopic (exact) mass is 380 g/mol. The van der Waals surface area contributed by atoms with Gasteiger partial charge in [0.25, 0.3) is 0 Å². The van der Waals surface area contributed by atoms with Crippen LogP contribution in [0.25, 0.3) is 0 Å². The molecular weight excluding hydrogens is 356 g/mol. The SMILES string of the molecule is CCCCCN(C)S(=O)(=O)c1cc(CNCCC)oc1Br. The van der Waals surface area contributed by atoms with Crippen LogP contribution in [0.4, 0.5) is 0 Å². The maximum Gasteiger partial charge on any atom is 0.247 e. The minimum absolute atomic E-state index is 0.204. The van der Waals surface area contributed by atoms with Crippen LogP contribution in [0.1, 0.15) is 45.3 Å². The molecule has 0 amide bonds. The van der Waals surface area contributed by atoms with Crippen molar-refractivity contribution in [2.24, 2.45) is 0 Å². The van der Waals surface area contributed by atoms with Crippen LogP contribution in [0, 0.1) is 0 Å². The average molecular weight is 381 g/mol. The number of unbranched alkanes of at least 4 members (excludes halogenated alkanes) is 2. The molecule has 0 spiro atoms. The summed E-state index contributed by atoms with van der Waals surface area (Å²) >= 11 is 3.21. The number of furan rings is 1. The highest BCUT2D eigenvalue weighted by atomic mass is 79.9. The molecule has 0 aromatic carbocycles. The molecule has 0 aliphatic carbocycles. The molecule has 1 heterocycles. The van der Waals surface area contributed by atoms with Crippen LogP contribution in [-0.4, -0.2) is 32.9 Å². The number of nitrogens with zero attached hydrogens (tertiary/aromatic N) is 1. The highest BCUT2D eigenvalue weighted by molar-refractivity contribution is 9.10. The number of sulfonamides is 1. The van der Waals surface area contributed by atoms with E-state index in [1.54, 1.807) is 13.1 Å². The molecule has 1 aromatic heterocycles. The lowest BCUT2D eigenvalue weighted by Crippen LogP contribution is -2.27. The van der Waals surface area contributed by atoms with E-state index >= 15 is 0 Å². The van der Waals surface area contributed by atoms with E-state index in [1.807, 2.05) is 0 Å². The van der Waals surface area contributed by atoms with Crippen molar-refractivity contribution in [3.63, 3.8) is 0 Å². The molecule has 0 unspecified atom stereocenters. The van der Waals surface area contributed by atoms with Crippen LogP contribution in [-0.2, 0) is 16.6 Å². The molecule has 0 atom stereocenters. The summed E-state index contributed by atoms with van der Waals surface area (Å²) in [6, 6.07) is 1.60. The van der Waals surface area contributed by atoms with Gasteiger partial charge in [-0.05, 0) is 35.3 Å². The molecule has 122 valence electrons. The Labute approximate surface area is 136 Å². The number of rotatable bonds is 10. The van der Waals surface area contributed by atoms with E-state index in [4.69, 9.17) is 4.42 Å². The fourth-order valence-electron chi connectivity index (χ4n) is 1.92. The number of hydrogen-bond acceptors (Lipinski definition) is 4. The van der Waals surface area contributed by atoms with Crippen molar-refractivity contribution in [3.05, 3.63) is 16.5 Å². The predicted octanol–water partition coefficient (Wildman–Crippen LogP) is 3.35. The van der Waals surface area contributed by atoms with Crippen LogP contribution in [0.5, 0.6) is 0 Å². The van der Waals surface area contributed by atoms with Gasteiger partial charge in [-0.15, -0.1) is 0 Å². The second-order valence-electron chi connectivity index (χ2n) is 5.06. The van der Waals surface area contributed by atoms with E-state index in [-0.39, 0.29) is 9.56 Å². The maximum absolute atomic E-state index is 12.5. The van der Waals surface area contributed by atoms with Crippen LogP contribution < -0.4 is 5.32 Å². The van der Waals surface area contributed by atoms with Crippen LogP contribution in [0.3, 0.4) is 0 Å². The van der Waals surface area contributed by atoms with Crippen molar-refractivity contribution in [2.45, 2.75) is 51.0 Å². The Balaban J connectivity index is 2.78. The van der Waals surface area contributed by atoms with Gasteiger partial charge in [0.05, 0.1) is 6.54 Å². The summed E-state index contributed by atoms with van der Waals surface area (Å²) in [5, 5.41) is 3.19. The molecule has 7 heteroatoms. The van der Waals surface area contributed by atoms with Crippen molar-refractivity contribution in [2.75, 3.05) is 20.1 Å². The summed E-state index contributed by atoms with van der Waals surface area (Å²) < 4.78 is 32.2. The zero-order valence-electron chi connectivity index (χ0n) is 13.0. The molecule has 0 radical (unpaired) electrons. The lowest BCUT2D eigenvalue weighted by Gasteiger charge is -2.15. The smallest absolute Gasteiger partial charge is 0.247 e. The average Bonchev–Trinajstić information content (AvgIpc) is 2.81. The van der Waals surface area contributed by atoms with Gasteiger partial charge in [0.15, 0.2) is 4.67 Å². The third-order valence-electron chi connectivity index (χ3n) is 3.20. The summed E-state index contributed by atoms with van der Waals surface area (Å²) in [6.07, 6.45) is 3.98. The minimum atomic E-state index is -3.49. The molecule has 5 nitrogen and oxygen atoms in total. The first kappa shape index (κ1) is 18.7. The van der Waals surface area contributed by atoms with Gasteiger partial charge in [-0.3, -0.25) is 0 Å². The molecule has 0 aliphatic rings. The summed E-state index contributed by atoms with van der Waals surface area (Å²) in [5.74, 6) is 0.621. The van der Waals surface area contributed by atoms with E-state index in [0.717, 1.165) is 32.2 Å². The van der Waals surface area contributed by atoms with E-state index in [2.05, 4.69) is 35.1 Å². The Morgan fingerprint density at radius 3 is 2.62 bits per heavy atom. The maximum atomic E-state index is 12.5. The van der Waals surface area contributed by atoms with Crippen molar-refractivity contribution >= 4 is 26.0 Å². The normalized spacial score (nSPS) is 12.2. The third kappa shape index (κ3) is 5.39. The second kappa shape index (κ2) is 8.92. The summed E-state index contributed by atoms with van der Waals surface area (Å²) in [4.78, 5) is 0.204. The zero-order valence-corrected chi connectivity index (χ0v) is 15.4. The molecule has 1 aromatic rings. The van der Waals surface area contributed by atoms with Crippen molar-refractivity contribution in [1.82, 2.24) is 9.62 Å². The fourth-order valence-corrected chi connectivity index (χ4v) is 4.09. The van der Waals surface area contributed by atoms with Crippen LogP contribution in [0.15, 0.2) is 20.0 Å². The molecule has 21 heavy (non-hydrogen) atoms. The largest absolute Gasteiger partial charge is 0.452 e. The van der Waals surface area contributed by atoms with E-state index in [9.17, 15) is 8.42 Å². The summed E-state index contributed by atoms with van der Waals surface area (Å²) in [7, 11) is -1.88. The van der Waals surface area contributed by atoms with Gasteiger partial charge in [-0.25, -0.2) is 12.7 Å². The molecule has 0 saturated carbocycles. The van der Waals surface area contributed by atoms with Crippen LogP contribution in [0.2, 0.25) is 0 Å². The van der Waals surface area contributed by atoms with Gasteiger partial charge >= 0.3 is 0 Å². The van der Waals surface area contributed by atoms with Gasteiger partial charge in [0.2, 0.25) is 10.0 Å². The molecule has 1 N–H and O–H groups in total. The molecule has 0 bridgehead atoms. The van der Waals surface area contributed by atoms with Gasteiger partial charge in [0, 0.05) is 19.7 Å². The lowest BCUT2D eigenvalue weighted by atomic mass is 10.2. The highest BCUT2D eigenvalue weighted by Gasteiger charge is 2.26. The van der Waals surface area contributed by atoms with Gasteiger partial charge in [-0.2, -0.15) is 0 Å². The summed E-state index contributed by atoms with van der Waals surface area (Å²) in [5.41, 5.74) is 0. The number of hydrogen-bond donors (Lipinski definition) is 1. The Hall–Kier alpha value is -0.370. The predicted molar refractivity (Wildman–Crippen MR) is 87.7 cm³/mol. The first-order chi connectivity index (χ1) is 9.93. The standard InChI is InChI=1S/C14H25BrN2O3S/c1-4-6-7-9-17(3)21(18,19)13-10-12(20-14(13)15)11-16-8-5-2/h10,16H,4-9,11H2,1-3H3. The lowest BCUT2D eigenvalue weighted by molar-refractivity contribution is 0.445.